The van der Waals surface area contributed by atoms with Crippen LogP contribution in [-0.4, -0.2) is 34.8 Å². The third kappa shape index (κ3) is 4.67. The van der Waals surface area contributed by atoms with Crippen LogP contribution in [0.4, 0.5) is 0 Å². The molecule has 1 aliphatic heterocycles. The summed E-state index contributed by atoms with van der Waals surface area (Å²) in [5, 5.41) is 10.4. The molecule has 0 aromatic heterocycles. The number of carbonyl (C=O) groups is 2. The van der Waals surface area contributed by atoms with E-state index in [1.807, 2.05) is 54.6 Å². The number of aliphatic hydroxyl groups excluding tert-OH is 1. The molecule has 2 aromatic carbocycles. The number of nitrogens with zero attached hydrogens (tertiary/aromatic N) is 1. The zero-order chi connectivity index (χ0) is 20.8. The average Bonchev–Trinajstić information content (AvgIpc) is 2.98. The van der Waals surface area contributed by atoms with Crippen molar-refractivity contribution < 1.29 is 19.4 Å². The van der Waals surface area contributed by atoms with E-state index < -0.39 is 17.7 Å². The molecule has 1 unspecified atom stereocenters. The Morgan fingerprint density at radius 3 is 2.41 bits per heavy atom. The summed E-state index contributed by atoms with van der Waals surface area (Å²) in [5.41, 5.74) is 2.03. The first-order chi connectivity index (χ1) is 14.0. The van der Waals surface area contributed by atoms with Crippen LogP contribution in [0.15, 0.2) is 65.9 Å². The maximum absolute atomic E-state index is 12.7. The molecule has 0 radical (unpaired) electrons. The van der Waals surface area contributed by atoms with Gasteiger partial charge in [0.05, 0.1) is 18.2 Å². The molecule has 1 heterocycles. The van der Waals surface area contributed by atoms with Gasteiger partial charge in [0.1, 0.15) is 5.75 Å². The standard InChI is InChI=1S/C24H27NO4/c1-3-4-16-29-20-12-10-19(11-13-20)22-21(17(2)26)23(27)24(28)25(22)15-14-18-8-6-5-7-9-18/h5-13,22,27H,3-4,14-16H2,1-2H3. The Balaban J connectivity index is 1.84. The lowest BCUT2D eigenvalue weighted by atomic mass is 9.96. The van der Waals surface area contributed by atoms with E-state index in [1.54, 1.807) is 4.90 Å². The molecule has 152 valence electrons. The van der Waals surface area contributed by atoms with Crippen molar-refractivity contribution in [2.75, 3.05) is 13.2 Å². The number of Topliss-reactive ketones (excluding diaryl/α,β-unsaturated/α-hetero) is 1. The molecule has 0 bridgehead atoms. The summed E-state index contributed by atoms with van der Waals surface area (Å²) >= 11 is 0. The minimum atomic E-state index is -0.589. The lowest BCUT2D eigenvalue weighted by Gasteiger charge is -2.26. The maximum atomic E-state index is 12.7. The smallest absolute Gasteiger partial charge is 0.290 e. The van der Waals surface area contributed by atoms with E-state index in [1.165, 1.54) is 6.92 Å². The van der Waals surface area contributed by atoms with Crippen LogP contribution in [0.2, 0.25) is 0 Å². The van der Waals surface area contributed by atoms with Gasteiger partial charge in [-0.25, -0.2) is 0 Å². The van der Waals surface area contributed by atoms with Crippen LogP contribution < -0.4 is 4.74 Å². The number of benzene rings is 2. The fourth-order valence-corrected chi connectivity index (χ4v) is 3.57. The van der Waals surface area contributed by atoms with Gasteiger partial charge in [-0.1, -0.05) is 55.8 Å². The molecule has 1 atom stereocenters. The lowest BCUT2D eigenvalue weighted by Crippen LogP contribution is -2.32. The van der Waals surface area contributed by atoms with Crippen LogP contribution in [0.5, 0.6) is 5.75 Å². The van der Waals surface area contributed by atoms with Gasteiger partial charge in [-0.15, -0.1) is 0 Å². The molecule has 0 saturated carbocycles. The highest BCUT2D eigenvalue weighted by Gasteiger charge is 2.42. The third-order valence-electron chi connectivity index (χ3n) is 5.13. The number of ketones is 1. The van der Waals surface area contributed by atoms with Gasteiger partial charge < -0.3 is 14.7 Å². The van der Waals surface area contributed by atoms with E-state index in [9.17, 15) is 14.7 Å². The predicted molar refractivity (Wildman–Crippen MR) is 112 cm³/mol. The second-order valence-corrected chi connectivity index (χ2v) is 7.23. The Morgan fingerprint density at radius 2 is 1.79 bits per heavy atom. The van der Waals surface area contributed by atoms with Crippen molar-refractivity contribution in [3.8, 4) is 5.75 Å². The Kier molecular flexibility index (Phi) is 6.70. The molecule has 2 aromatic rings. The van der Waals surface area contributed by atoms with Crippen LogP contribution in [-0.2, 0) is 16.0 Å². The van der Waals surface area contributed by atoms with E-state index in [2.05, 4.69) is 6.92 Å². The van der Waals surface area contributed by atoms with E-state index in [0.29, 0.717) is 19.6 Å². The second kappa shape index (κ2) is 9.41. The van der Waals surface area contributed by atoms with E-state index in [0.717, 1.165) is 29.7 Å². The first-order valence-electron chi connectivity index (χ1n) is 10.0. The van der Waals surface area contributed by atoms with Gasteiger partial charge in [-0.3, -0.25) is 9.59 Å². The molecule has 5 nitrogen and oxygen atoms in total. The summed E-state index contributed by atoms with van der Waals surface area (Å²) in [6.45, 7) is 4.55. The van der Waals surface area contributed by atoms with Gasteiger partial charge in [-0.2, -0.15) is 0 Å². The van der Waals surface area contributed by atoms with Gasteiger partial charge >= 0.3 is 0 Å². The van der Waals surface area contributed by atoms with Crippen LogP contribution in [0, 0.1) is 0 Å². The molecule has 0 spiro atoms. The van der Waals surface area contributed by atoms with Crippen molar-refractivity contribution in [2.45, 2.75) is 39.2 Å². The molecular formula is C24H27NO4. The molecular weight excluding hydrogens is 366 g/mol. The highest BCUT2D eigenvalue weighted by atomic mass is 16.5. The maximum Gasteiger partial charge on any atom is 0.290 e. The van der Waals surface area contributed by atoms with Gasteiger partial charge in [0, 0.05) is 6.54 Å². The predicted octanol–water partition coefficient (Wildman–Crippen LogP) is 4.39. The lowest BCUT2D eigenvalue weighted by molar-refractivity contribution is -0.129. The normalized spacial score (nSPS) is 16.4. The molecule has 3 rings (SSSR count). The van der Waals surface area contributed by atoms with Gasteiger partial charge in [0.2, 0.25) is 0 Å². The van der Waals surface area contributed by atoms with E-state index in [4.69, 9.17) is 4.74 Å². The highest BCUT2D eigenvalue weighted by Crippen LogP contribution is 2.38. The van der Waals surface area contributed by atoms with Gasteiger partial charge in [0.15, 0.2) is 11.5 Å². The van der Waals surface area contributed by atoms with Gasteiger partial charge in [0.25, 0.3) is 5.91 Å². The number of hydrogen-bond donors (Lipinski definition) is 1. The number of ether oxygens (including phenoxy) is 1. The minimum absolute atomic E-state index is 0.155. The van der Waals surface area contributed by atoms with Crippen molar-refractivity contribution in [3.05, 3.63) is 77.1 Å². The van der Waals surface area contributed by atoms with E-state index >= 15 is 0 Å². The van der Waals surface area contributed by atoms with Crippen LogP contribution in [0.25, 0.3) is 0 Å². The summed E-state index contributed by atoms with van der Waals surface area (Å²) in [4.78, 5) is 26.5. The zero-order valence-electron chi connectivity index (χ0n) is 16.9. The van der Waals surface area contributed by atoms with Gasteiger partial charge in [-0.05, 0) is 43.0 Å². The summed E-state index contributed by atoms with van der Waals surface area (Å²) in [6, 6.07) is 16.7. The summed E-state index contributed by atoms with van der Waals surface area (Å²) in [7, 11) is 0. The molecule has 0 aliphatic carbocycles. The summed E-state index contributed by atoms with van der Waals surface area (Å²) in [6.07, 6.45) is 2.68. The van der Waals surface area contributed by atoms with Crippen molar-refractivity contribution >= 4 is 11.7 Å². The minimum Gasteiger partial charge on any atom is -0.503 e. The Labute approximate surface area is 171 Å². The molecule has 0 fully saturated rings. The topological polar surface area (TPSA) is 66.8 Å². The SMILES string of the molecule is CCCCOc1ccc(C2C(C(C)=O)=C(O)C(=O)N2CCc2ccccc2)cc1. The molecule has 1 N–H and O–H groups in total. The number of rotatable bonds is 9. The number of carbonyl (C=O) groups excluding carboxylic acids is 2. The summed E-state index contributed by atoms with van der Waals surface area (Å²) in [5.74, 6) is -0.496. The highest BCUT2D eigenvalue weighted by molar-refractivity contribution is 6.08. The monoisotopic (exact) mass is 393 g/mol. The number of aliphatic hydroxyl groups is 1. The molecule has 5 heteroatoms. The first kappa shape index (κ1) is 20.6. The second-order valence-electron chi connectivity index (χ2n) is 7.23. The quantitative estimate of drug-likeness (QED) is 0.642. The average molecular weight is 393 g/mol. The van der Waals surface area contributed by atoms with Crippen LogP contribution in [0.1, 0.15) is 43.9 Å². The number of amides is 1. The summed E-state index contributed by atoms with van der Waals surface area (Å²) < 4.78 is 5.70. The molecule has 1 aliphatic rings. The Bertz CT molecular complexity index is 887. The van der Waals surface area contributed by atoms with Crippen molar-refractivity contribution in [1.82, 2.24) is 4.90 Å². The van der Waals surface area contributed by atoms with Crippen LogP contribution in [0.3, 0.4) is 0 Å². The van der Waals surface area contributed by atoms with Crippen molar-refractivity contribution in [3.63, 3.8) is 0 Å². The molecule has 1 amide bonds. The number of unbranched alkanes of at least 4 members (excludes halogenated alkanes) is 1. The Morgan fingerprint density at radius 1 is 1.10 bits per heavy atom. The Hall–Kier alpha value is -3.08. The fraction of sp³-hybridized carbons (Fsp3) is 0.333. The third-order valence-corrected chi connectivity index (χ3v) is 5.13. The first-order valence-corrected chi connectivity index (χ1v) is 10.0. The fourth-order valence-electron chi connectivity index (χ4n) is 3.57. The number of hydrogen-bond acceptors (Lipinski definition) is 4. The largest absolute Gasteiger partial charge is 0.503 e. The zero-order valence-corrected chi connectivity index (χ0v) is 16.9. The van der Waals surface area contributed by atoms with Crippen molar-refractivity contribution in [2.24, 2.45) is 0 Å². The van der Waals surface area contributed by atoms with Crippen molar-refractivity contribution in [1.29, 1.82) is 0 Å². The molecule has 0 saturated heterocycles. The van der Waals surface area contributed by atoms with E-state index in [-0.39, 0.29) is 11.4 Å². The van der Waals surface area contributed by atoms with Crippen LogP contribution >= 0.6 is 0 Å². The molecule has 29 heavy (non-hydrogen) atoms.